The summed E-state index contributed by atoms with van der Waals surface area (Å²) in [6.45, 7) is 6.73. The quantitative estimate of drug-likeness (QED) is 0.621. The van der Waals surface area contributed by atoms with Crippen molar-refractivity contribution in [3.05, 3.63) is 39.7 Å². The molecule has 1 fully saturated rings. The average Bonchev–Trinajstić information content (AvgIpc) is 2.80. The van der Waals surface area contributed by atoms with E-state index in [-0.39, 0.29) is 0 Å². The van der Waals surface area contributed by atoms with Gasteiger partial charge in [-0.1, -0.05) is 26.0 Å². The van der Waals surface area contributed by atoms with Crippen molar-refractivity contribution in [3.63, 3.8) is 0 Å². The zero-order chi connectivity index (χ0) is 14.0. The summed E-state index contributed by atoms with van der Waals surface area (Å²) in [6.07, 6.45) is 1.12. The second-order valence-corrected chi connectivity index (χ2v) is 5.54. The first kappa shape index (κ1) is 13.9. The van der Waals surface area contributed by atoms with E-state index in [0.717, 1.165) is 19.5 Å². The average molecular weight is 266 g/mol. The van der Waals surface area contributed by atoms with Gasteiger partial charge in [-0.05, 0) is 24.8 Å². The van der Waals surface area contributed by atoms with E-state index in [0.29, 0.717) is 23.9 Å². The Kier molecular flexibility index (Phi) is 4.14. The molecule has 0 N–H and O–H groups in total. The van der Waals surface area contributed by atoms with E-state index in [4.69, 9.17) is 0 Å². The summed E-state index contributed by atoms with van der Waals surface area (Å²) in [5.74, 6) is 0.571. The van der Waals surface area contributed by atoms with Gasteiger partial charge >= 0.3 is 5.69 Å². The fraction of sp³-hybridized carbons (Fsp3) is 0.571. The van der Waals surface area contributed by atoms with Crippen LogP contribution in [0.15, 0.2) is 18.2 Å². The lowest BCUT2D eigenvalue weighted by Gasteiger charge is -2.18. The Morgan fingerprint density at radius 2 is 2.26 bits per heavy atom. The van der Waals surface area contributed by atoms with Gasteiger partial charge in [-0.15, -0.1) is 0 Å². The summed E-state index contributed by atoms with van der Waals surface area (Å²) in [5.41, 5.74) is -0.0179. The van der Waals surface area contributed by atoms with Gasteiger partial charge in [0.25, 0.3) is 0 Å². The third-order valence-electron chi connectivity index (χ3n) is 3.90. The molecule has 0 saturated carbocycles. The van der Waals surface area contributed by atoms with Crippen molar-refractivity contribution in [3.8, 4) is 0 Å². The van der Waals surface area contributed by atoms with Crippen molar-refractivity contribution in [2.75, 3.05) is 13.1 Å². The number of halogens is 1. The number of hydrogen-bond donors (Lipinski definition) is 0. The molecule has 0 bridgehead atoms. The van der Waals surface area contributed by atoms with Gasteiger partial charge in [0.15, 0.2) is 0 Å². The number of nitro benzene ring substituents is 1. The highest BCUT2D eigenvalue weighted by atomic mass is 19.1. The van der Waals surface area contributed by atoms with Crippen LogP contribution in [0.3, 0.4) is 0 Å². The third kappa shape index (κ3) is 3.10. The Morgan fingerprint density at radius 1 is 1.53 bits per heavy atom. The maximum atomic E-state index is 14.0. The molecule has 5 heteroatoms. The molecule has 1 aliphatic heterocycles. The molecule has 1 unspecified atom stereocenters. The molecule has 1 saturated heterocycles. The van der Waals surface area contributed by atoms with Crippen LogP contribution in [-0.2, 0) is 6.54 Å². The number of rotatable bonds is 4. The summed E-state index contributed by atoms with van der Waals surface area (Å²) in [5, 5.41) is 10.7. The van der Waals surface area contributed by atoms with E-state index < -0.39 is 16.4 Å². The molecular formula is C14H19FN2O2. The van der Waals surface area contributed by atoms with Crippen LogP contribution < -0.4 is 0 Å². The largest absolute Gasteiger partial charge is 0.305 e. The fourth-order valence-corrected chi connectivity index (χ4v) is 2.62. The lowest BCUT2D eigenvalue weighted by molar-refractivity contribution is -0.387. The first-order valence-corrected chi connectivity index (χ1v) is 6.63. The molecule has 0 spiro atoms. The summed E-state index contributed by atoms with van der Waals surface area (Å²) in [6, 6.07) is 4.39. The van der Waals surface area contributed by atoms with E-state index in [1.807, 2.05) is 0 Å². The van der Waals surface area contributed by atoms with E-state index in [9.17, 15) is 14.5 Å². The summed E-state index contributed by atoms with van der Waals surface area (Å²) in [7, 11) is 0. The van der Waals surface area contributed by atoms with E-state index >= 15 is 0 Å². The maximum absolute atomic E-state index is 14.0. The van der Waals surface area contributed by atoms with Gasteiger partial charge in [-0.2, -0.15) is 4.39 Å². The molecule has 1 atom stereocenters. The molecule has 0 radical (unpaired) electrons. The van der Waals surface area contributed by atoms with Crippen molar-refractivity contribution in [2.24, 2.45) is 11.8 Å². The summed E-state index contributed by atoms with van der Waals surface area (Å²) in [4.78, 5) is 12.2. The second kappa shape index (κ2) is 5.65. The van der Waals surface area contributed by atoms with E-state index in [1.54, 1.807) is 12.1 Å². The van der Waals surface area contributed by atoms with E-state index in [1.165, 1.54) is 6.07 Å². The van der Waals surface area contributed by atoms with Gasteiger partial charge in [0.2, 0.25) is 5.82 Å². The Balaban J connectivity index is 2.08. The van der Waals surface area contributed by atoms with Crippen LogP contribution in [0.1, 0.15) is 25.8 Å². The van der Waals surface area contributed by atoms with Gasteiger partial charge in [-0.25, -0.2) is 0 Å². The Hall–Kier alpha value is -1.49. The Bertz CT molecular complexity index is 477. The number of hydrogen-bond acceptors (Lipinski definition) is 3. The van der Waals surface area contributed by atoms with Crippen LogP contribution in [0.25, 0.3) is 0 Å². The Labute approximate surface area is 112 Å². The smallest absolute Gasteiger partial charge is 0.299 e. The summed E-state index contributed by atoms with van der Waals surface area (Å²) >= 11 is 0. The minimum absolute atomic E-state index is 0.415. The number of benzene rings is 1. The summed E-state index contributed by atoms with van der Waals surface area (Å²) < 4.78 is 14.0. The Morgan fingerprint density at radius 3 is 2.84 bits per heavy atom. The lowest BCUT2D eigenvalue weighted by atomic mass is 9.95. The standard InChI is InChI=1S/C14H19FN2O2/c1-10(2)11-6-7-16(8-11)9-12-4-3-5-13(14(12)15)17(18)19/h3-5,10-11H,6-9H2,1-2H3. The van der Waals surface area contributed by atoms with Crippen molar-refractivity contribution >= 4 is 5.69 Å². The van der Waals surface area contributed by atoms with Crippen LogP contribution in [0.5, 0.6) is 0 Å². The highest BCUT2D eigenvalue weighted by molar-refractivity contribution is 5.36. The van der Waals surface area contributed by atoms with E-state index in [2.05, 4.69) is 18.7 Å². The lowest BCUT2D eigenvalue weighted by Crippen LogP contribution is -2.22. The molecule has 1 heterocycles. The topological polar surface area (TPSA) is 46.4 Å². The molecule has 0 aromatic heterocycles. The van der Waals surface area contributed by atoms with Crippen molar-refractivity contribution in [1.82, 2.24) is 4.90 Å². The van der Waals surface area contributed by atoms with Crippen LogP contribution >= 0.6 is 0 Å². The van der Waals surface area contributed by atoms with Crippen LogP contribution in [0.2, 0.25) is 0 Å². The van der Waals surface area contributed by atoms with Gasteiger partial charge in [0.1, 0.15) is 0 Å². The normalized spacial score (nSPS) is 20.1. The zero-order valence-corrected chi connectivity index (χ0v) is 11.3. The second-order valence-electron chi connectivity index (χ2n) is 5.54. The van der Waals surface area contributed by atoms with Crippen LogP contribution in [0, 0.1) is 27.8 Å². The van der Waals surface area contributed by atoms with Crippen molar-refractivity contribution in [2.45, 2.75) is 26.8 Å². The number of nitro groups is 1. The van der Waals surface area contributed by atoms with Crippen molar-refractivity contribution in [1.29, 1.82) is 0 Å². The molecule has 19 heavy (non-hydrogen) atoms. The first-order valence-electron chi connectivity index (χ1n) is 6.63. The number of likely N-dealkylation sites (tertiary alicyclic amines) is 1. The molecular weight excluding hydrogens is 247 g/mol. The highest BCUT2D eigenvalue weighted by Gasteiger charge is 2.26. The highest BCUT2D eigenvalue weighted by Crippen LogP contribution is 2.27. The predicted molar refractivity (Wildman–Crippen MR) is 71.3 cm³/mol. The zero-order valence-electron chi connectivity index (χ0n) is 11.3. The maximum Gasteiger partial charge on any atom is 0.305 e. The van der Waals surface area contributed by atoms with Gasteiger partial charge in [0, 0.05) is 24.7 Å². The minimum atomic E-state index is -0.694. The van der Waals surface area contributed by atoms with Crippen LogP contribution in [-0.4, -0.2) is 22.9 Å². The third-order valence-corrected chi connectivity index (χ3v) is 3.90. The molecule has 2 rings (SSSR count). The molecule has 0 aliphatic carbocycles. The van der Waals surface area contributed by atoms with Gasteiger partial charge in [0.05, 0.1) is 4.92 Å². The fourth-order valence-electron chi connectivity index (χ4n) is 2.62. The molecule has 0 amide bonds. The monoisotopic (exact) mass is 266 g/mol. The molecule has 104 valence electrons. The molecule has 1 aromatic rings. The number of nitrogens with zero attached hydrogens (tertiary/aromatic N) is 2. The van der Waals surface area contributed by atoms with Gasteiger partial charge in [-0.3, -0.25) is 15.0 Å². The molecule has 4 nitrogen and oxygen atoms in total. The van der Waals surface area contributed by atoms with Gasteiger partial charge < -0.3 is 0 Å². The SMILES string of the molecule is CC(C)C1CCN(Cc2cccc([N+](=O)[O-])c2F)C1. The minimum Gasteiger partial charge on any atom is -0.299 e. The van der Waals surface area contributed by atoms with Crippen LogP contribution in [0.4, 0.5) is 10.1 Å². The predicted octanol–water partition coefficient (Wildman–Crippen LogP) is 3.21. The molecule has 1 aliphatic rings. The first-order chi connectivity index (χ1) is 8.99. The van der Waals surface area contributed by atoms with Crippen molar-refractivity contribution < 1.29 is 9.31 Å². The molecule has 1 aromatic carbocycles.